The van der Waals surface area contributed by atoms with Gasteiger partial charge in [-0.1, -0.05) is 24.3 Å². The molecule has 64 heavy (non-hydrogen) atoms. The number of para-hydroxylation sites is 4. The molecule has 2 aromatic heterocycles. The fourth-order valence-corrected chi connectivity index (χ4v) is 8.64. The van der Waals surface area contributed by atoms with Crippen LogP contribution >= 0.6 is 0 Å². The Labute approximate surface area is 371 Å². The fraction of sp³-hybridized carbons (Fsp3) is 0.391. The first-order valence-electron chi connectivity index (χ1n) is 21.3. The first-order valence-corrected chi connectivity index (χ1v) is 21.3. The summed E-state index contributed by atoms with van der Waals surface area (Å²) < 4.78 is 14.6. The molecular weight excluding hydrogens is 821 g/mol. The number of amides is 6. The van der Waals surface area contributed by atoms with Gasteiger partial charge < -0.3 is 41.4 Å². The van der Waals surface area contributed by atoms with Crippen LogP contribution < -0.4 is 60.3 Å². The summed E-state index contributed by atoms with van der Waals surface area (Å²) in [5.41, 5.74) is 2.91. The minimum atomic E-state index is -0.786. The molecule has 6 heterocycles. The molecule has 18 heteroatoms. The average molecular weight is 877 g/mol. The number of anilines is 4. The van der Waals surface area contributed by atoms with Crippen molar-refractivity contribution in [3.8, 4) is 11.5 Å². The van der Waals surface area contributed by atoms with Crippen molar-refractivity contribution in [1.82, 2.24) is 21.3 Å². The lowest BCUT2D eigenvalue weighted by atomic mass is 10.0. The molecule has 2 unspecified atom stereocenters. The second-order valence-electron chi connectivity index (χ2n) is 16.2. The molecule has 0 spiro atoms. The number of ether oxygens (including phenoxy) is 2. The van der Waals surface area contributed by atoms with Gasteiger partial charge in [0.15, 0.2) is 24.2 Å². The lowest BCUT2D eigenvalue weighted by Crippen LogP contribution is -2.67. The zero-order valence-corrected chi connectivity index (χ0v) is 37.2. The van der Waals surface area contributed by atoms with Gasteiger partial charge >= 0.3 is 11.8 Å². The van der Waals surface area contributed by atoms with Crippen molar-refractivity contribution in [1.29, 1.82) is 0 Å². The number of nitrogens with one attached hydrogen (secondary N) is 6. The summed E-state index contributed by atoms with van der Waals surface area (Å²) in [6.07, 6.45) is 4.54. The number of carbonyl (C=O) groups is 6. The van der Waals surface area contributed by atoms with Gasteiger partial charge in [-0.15, -0.1) is 0 Å². The maximum absolute atomic E-state index is 13.6. The third-order valence-electron chi connectivity index (χ3n) is 12.5. The lowest BCUT2D eigenvalue weighted by molar-refractivity contribution is -0.711. The van der Waals surface area contributed by atoms with Gasteiger partial charge in [0.25, 0.3) is 23.5 Å². The normalized spacial score (nSPS) is 22.2. The topological polar surface area (TPSA) is 207 Å². The summed E-state index contributed by atoms with van der Waals surface area (Å²) in [7, 11) is 6.44. The van der Waals surface area contributed by atoms with Crippen LogP contribution in [0.25, 0.3) is 0 Å². The average Bonchev–Trinajstić information content (AvgIpc) is 3.91. The second kappa shape index (κ2) is 18.8. The molecule has 8 atom stereocenters. The van der Waals surface area contributed by atoms with Crippen LogP contribution in [-0.2, 0) is 41.6 Å². The predicted octanol–water partition coefficient (Wildman–Crippen LogP) is 1.09. The Morgan fingerprint density at radius 2 is 0.984 bits per heavy atom. The van der Waals surface area contributed by atoms with Gasteiger partial charge in [-0.3, -0.25) is 19.2 Å². The van der Waals surface area contributed by atoms with Crippen LogP contribution in [0.4, 0.5) is 23.0 Å². The molecule has 4 aromatic rings. The van der Waals surface area contributed by atoms with Crippen molar-refractivity contribution in [3.05, 3.63) is 96.3 Å². The molecule has 4 aliphatic rings. The van der Waals surface area contributed by atoms with E-state index in [9.17, 15) is 28.8 Å². The van der Waals surface area contributed by atoms with Crippen LogP contribution in [0, 0.1) is 0 Å². The zero-order valence-electron chi connectivity index (χ0n) is 37.2. The van der Waals surface area contributed by atoms with Gasteiger partial charge in [0, 0.05) is 24.0 Å². The number of pyridine rings is 2. The largest absolute Gasteiger partial charge is 0.495 e. The number of carbonyl (C=O) groups excluding carboxylic acids is 6. The number of likely N-dealkylation sites (N-methyl/N-ethyl adjacent to an activating group) is 2. The molecule has 0 saturated carbocycles. The molecule has 0 radical (unpaired) electrons. The number of rotatable bonds is 12. The summed E-state index contributed by atoms with van der Waals surface area (Å²) in [4.78, 5) is 81.9. The molecular formula is C46H56N10O8+2. The van der Waals surface area contributed by atoms with Crippen LogP contribution in [0.5, 0.6) is 11.5 Å². The zero-order chi connectivity index (χ0) is 46.0. The van der Waals surface area contributed by atoms with Gasteiger partial charge in [-0.2, -0.15) is 9.80 Å². The summed E-state index contributed by atoms with van der Waals surface area (Å²) in [5.74, 6) is 0.738. The van der Waals surface area contributed by atoms with Crippen LogP contribution in [0.1, 0.15) is 50.9 Å². The van der Waals surface area contributed by atoms with E-state index in [-0.39, 0.29) is 47.5 Å². The summed E-state index contributed by atoms with van der Waals surface area (Å²) >= 11 is 0. The predicted molar refractivity (Wildman–Crippen MR) is 237 cm³/mol. The number of methoxy groups -OCH3 is 2. The fourth-order valence-electron chi connectivity index (χ4n) is 8.64. The Bertz CT molecular complexity index is 2310. The minimum Gasteiger partial charge on any atom is -0.495 e. The number of nitrogens with zero attached hydrogens (tertiary/aromatic N) is 4. The van der Waals surface area contributed by atoms with E-state index in [1.807, 2.05) is 71.8 Å². The maximum Gasteiger partial charge on any atom is 0.337 e. The van der Waals surface area contributed by atoms with E-state index in [1.165, 1.54) is 24.0 Å². The van der Waals surface area contributed by atoms with Crippen molar-refractivity contribution in [2.75, 3.05) is 48.7 Å². The Kier molecular flexibility index (Phi) is 13.3. The highest BCUT2D eigenvalue weighted by Gasteiger charge is 2.57. The molecule has 0 saturated heterocycles. The first-order chi connectivity index (χ1) is 30.7. The van der Waals surface area contributed by atoms with E-state index in [4.69, 9.17) is 9.47 Å². The highest BCUT2D eigenvalue weighted by molar-refractivity contribution is 6.10. The van der Waals surface area contributed by atoms with Crippen LogP contribution in [0.3, 0.4) is 0 Å². The highest BCUT2D eigenvalue weighted by atomic mass is 16.5. The number of benzene rings is 2. The molecule has 8 rings (SSSR count). The monoisotopic (exact) mass is 876 g/mol. The van der Waals surface area contributed by atoms with E-state index in [2.05, 4.69) is 31.9 Å². The molecule has 0 aliphatic carbocycles. The van der Waals surface area contributed by atoms with Gasteiger partial charge in [0.1, 0.15) is 23.6 Å². The Morgan fingerprint density at radius 1 is 0.609 bits per heavy atom. The number of aromatic nitrogens is 2. The summed E-state index contributed by atoms with van der Waals surface area (Å²) in [6.45, 7) is 7.25. The Balaban J connectivity index is 0.000000191. The Hall–Kier alpha value is -6.92. The summed E-state index contributed by atoms with van der Waals surface area (Å²) in [5, 5.41) is 17.3. The Morgan fingerprint density at radius 3 is 1.34 bits per heavy atom. The molecule has 336 valence electrons. The quantitative estimate of drug-likeness (QED) is 0.112. The van der Waals surface area contributed by atoms with Gasteiger partial charge in [-0.25, -0.2) is 18.7 Å². The van der Waals surface area contributed by atoms with Crippen molar-refractivity contribution in [2.45, 2.75) is 88.9 Å². The molecule has 6 N–H and O–H groups in total. The van der Waals surface area contributed by atoms with Crippen molar-refractivity contribution < 1.29 is 47.4 Å². The second-order valence-corrected chi connectivity index (χ2v) is 16.2. The molecule has 6 amide bonds. The third kappa shape index (κ3) is 8.33. The number of hydrogen-bond acceptors (Lipinski definition) is 10. The third-order valence-corrected chi connectivity index (χ3v) is 12.5. The summed E-state index contributed by atoms with van der Waals surface area (Å²) in [6, 6.07) is 17.4. The number of hydrogen-bond donors (Lipinski definition) is 6. The molecule has 0 bridgehead atoms. The molecule has 2 aromatic carbocycles. The van der Waals surface area contributed by atoms with Crippen molar-refractivity contribution >= 4 is 58.5 Å². The van der Waals surface area contributed by atoms with E-state index in [1.54, 1.807) is 64.3 Å². The lowest BCUT2D eigenvalue weighted by Gasteiger charge is -2.32. The van der Waals surface area contributed by atoms with Gasteiger partial charge in [0.05, 0.1) is 50.1 Å². The maximum atomic E-state index is 13.6. The minimum absolute atomic E-state index is 0.271. The van der Waals surface area contributed by atoms with E-state index in [0.717, 1.165) is 11.1 Å². The van der Waals surface area contributed by atoms with Gasteiger partial charge in [-0.05, 0) is 90.3 Å². The molecule has 0 fully saturated rings. The SMILES string of the molecule is CN[C@@H](C)C(=O)N[C@@H]1C(=O)N2c3c(ccc[n+]3C1C)C[C@@H]2C(=O)Nc1ccccc1OC.CN[C@@H](C)C(=O)N[C@@H]1C(=O)N2c3c(ccc[n+]3C1C)C[C@H]2C(=O)Nc1ccccc1OC. The smallest absolute Gasteiger partial charge is 0.337 e. The molecule has 4 aliphatic heterocycles. The van der Waals surface area contributed by atoms with E-state index >= 15 is 0 Å². The van der Waals surface area contributed by atoms with Crippen molar-refractivity contribution in [2.24, 2.45) is 0 Å². The molecule has 18 nitrogen and oxygen atoms in total. The van der Waals surface area contributed by atoms with Crippen LogP contribution in [0.2, 0.25) is 0 Å². The van der Waals surface area contributed by atoms with Gasteiger partial charge in [0.2, 0.25) is 11.8 Å². The first kappa shape index (κ1) is 45.1. The van der Waals surface area contributed by atoms with E-state index in [0.29, 0.717) is 47.4 Å². The van der Waals surface area contributed by atoms with Crippen LogP contribution in [0.15, 0.2) is 85.2 Å². The van der Waals surface area contributed by atoms with E-state index < -0.39 is 36.3 Å². The van der Waals surface area contributed by atoms with Crippen LogP contribution in [-0.4, -0.2) is 100 Å². The highest BCUT2D eigenvalue weighted by Crippen LogP contribution is 2.37. The van der Waals surface area contributed by atoms with Crippen molar-refractivity contribution in [3.63, 3.8) is 0 Å². The standard InChI is InChI=1S/2C23H27N5O4/c2*1-13(24-3)20(29)26-19-14(2)27-11-7-8-15-12-17(28(22(15)27)23(19)31)21(30)25-16-9-5-6-10-18(16)32-4/h2*5-11,13-14,17,19,24H,12H2,1-4H3,(H-,25,26,29,30)/p+2/t13-,14?,17+,19-;13-,14?,17-,19-/m00/s1.